The van der Waals surface area contributed by atoms with Gasteiger partial charge in [-0.1, -0.05) is 19.8 Å². The Morgan fingerprint density at radius 3 is 2.34 bits per heavy atom. The van der Waals surface area contributed by atoms with Gasteiger partial charge in [0.2, 0.25) is 0 Å². The molecule has 29 heavy (non-hydrogen) atoms. The summed E-state index contributed by atoms with van der Waals surface area (Å²) in [5, 5.41) is 3.23. The third-order valence-electron chi connectivity index (χ3n) is 7.68. The second-order valence-electron chi connectivity index (χ2n) is 10.2. The van der Waals surface area contributed by atoms with Gasteiger partial charge in [0, 0.05) is 32.0 Å². The Labute approximate surface area is 176 Å². The predicted octanol–water partition coefficient (Wildman–Crippen LogP) is 5.43. The predicted molar refractivity (Wildman–Crippen MR) is 118 cm³/mol. The molecular formula is C25H39N3O. The van der Waals surface area contributed by atoms with Crippen molar-refractivity contribution < 1.29 is 4.79 Å². The van der Waals surface area contributed by atoms with E-state index in [9.17, 15) is 4.79 Å². The molecule has 2 amide bonds. The van der Waals surface area contributed by atoms with Crippen molar-refractivity contribution in [1.29, 1.82) is 0 Å². The molecule has 160 valence electrons. The van der Waals surface area contributed by atoms with Gasteiger partial charge in [0.05, 0.1) is 0 Å². The third-order valence-corrected chi connectivity index (χ3v) is 7.68. The molecule has 0 unspecified atom stereocenters. The smallest absolute Gasteiger partial charge is 0.317 e. The molecule has 4 heteroatoms. The Balaban J connectivity index is 1.30. The minimum absolute atomic E-state index is 0.173. The molecule has 1 aromatic heterocycles. The van der Waals surface area contributed by atoms with Crippen LogP contribution in [0, 0.1) is 23.2 Å². The summed E-state index contributed by atoms with van der Waals surface area (Å²) in [6, 6.07) is 4.30. The molecule has 0 spiro atoms. The minimum Gasteiger partial charge on any atom is -0.338 e. The number of pyridine rings is 1. The molecule has 1 heterocycles. The van der Waals surface area contributed by atoms with Crippen molar-refractivity contribution in [2.24, 2.45) is 23.2 Å². The zero-order valence-electron chi connectivity index (χ0n) is 18.2. The van der Waals surface area contributed by atoms with Crippen LogP contribution in [0.4, 0.5) is 4.79 Å². The lowest BCUT2D eigenvalue weighted by atomic mass is 9.49. The number of urea groups is 1. The lowest BCUT2D eigenvalue weighted by Gasteiger charge is -2.57. The fourth-order valence-corrected chi connectivity index (χ4v) is 6.84. The van der Waals surface area contributed by atoms with Gasteiger partial charge in [-0.15, -0.1) is 0 Å². The van der Waals surface area contributed by atoms with E-state index in [4.69, 9.17) is 0 Å². The van der Waals surface area contributed by atoms with E-state index in [1.807, 2.05) is 12.4 Å². The number of carbonyl (C=O) groups is 1. The number of nitrogens with one attached hydrogen (secondary N) is 1. The van der Waals surface area contributed by atoms with Crippen LogP contribution in [0.2, 0.25) is 0 Å². The van der Waals surface area contributed by atoms with Crippen molar-refractivity contribution in [1.82, 2.24) is 15.2 Å². The highest BCUT2D eigenvalue weighted by atomic mass is 16.2. The number of amides is 2. The highest BCUT2D eigenvalue weighted by Gasteiger charge is 2.51. The summed E-state index contributed by atoms with van der Waals surface area (Å²) >= 11 is 0. The van der Waals surface area contributed by atoms with Crippen LogP contribution in [0.3, 0.4) is 0 Å². The average Bonchev–Trinajstić information content (AvgIpc) is 2.70. The van der Waals surface area contributed by atoms with Crippen molar-refractivity contribution in [3.63, 3.8) is 0 Å². The molecular weight excluding hydrogens is 358 g/mol. The molecule has 4 bridgehead atoms. The number of aryl methyl sites for hydroxylation is 1. The van der Waals surface area contributed by atoms with Gasteiger partial charge in [-0.25, -0.2) is 4.79 Å². The van der Waals surface area contributed by atoms with E-state index in [2.05, 4.69) is 34.3 Å². The Morgan fingerprint density at radius 2 is 1.72 bits per heavy atom. The fraction of sp³-hybridized carbons (Fsp3) is 0.760. The molecule has 4 aliphatic rings. The molecule has 0 atom stereocenters. The number of aromatic nitrogens is 1. The van der Waals surface area contributed by atoms with Gasteiger partial charge in [-0.3, -0.25) is 4.98 Å². The monoisotopic (exact) mass is 397 g/mol. The number of carbonyl (C=O) groups excluding carboxylic acids is 1. The van der Waals surface area contributed by atoms with Crippen LogP contribution >= 0.6 is 0 Å². The van der Waals surface area contributed by atoms with Crippen molar-refractivity contribution in [2.45, 2.75) is 77.6 Å². The highest BCUT2D eigenvalue weighted by molar-refractivity contribution is 5.74. The van der Waals surface area contributed by atoms with Gasteiger partial charge in [0.15, 0.2) is 0 Å². The highest BCUT2D eigenvalue weighted by Crippen LogP contribution is 2.60. The SMILES string of the molecule is CCCCCN(CC12CC3CC(CC(C3)C1)C2)C(=O)NCCCc1ccncc1. The van der Waals surface area contributed by atoms with Crippen molar-refractivity contribution >= 4 is 6.03 Å². The summed E-state index contributed by atoms with van der Waals surface area (Å²) < 4.78 is 0. The normalized spacial score (nSPS) is 29.8. The first-order valence-corrected chi connectivity index (χ1v) is 12.1. The summed E-state index contributed by atoms with van der Waals surface area (Å²) in [5.74, 6) is 2.84. The zero-order valence-corrected chi connectivity index (χ0v) is 18.2. The van der Waals surface area contributed by atoms with Crippen molar-refractivity contribution in [3.8, 4) is 0 Å². The first-order chi connectivity index (χ1) is 14.2. The molecule has 0 aromatic carbocycles. The molecule has 0 aliphatic heterocycles. The fourth-order valence-electron chi connectivity index (χ4n) is 6.84. The van der Waals surface area contributed by atoms with Crippen LogP contribution in [-0.2, 0) is 6.42 Å². The van der Waals surface area contributed by atoms with E-state index in [-0.39, 0.29) is 6.03 Å². The minimum atomic E-state index is 0.173. The molecule has 5 rings (SSSR count). The van der Waals surface area contributed by atoms with Gasteiger partial charge in [-0.2, -0.15) is 0 Å². The molecule has 4 saturated carbocycles. The lowest BCUT2D eigenvalue weighted by molar-refractivity contribution is -0.0639. The average molecular weight is 398 g/mol. The molecule has 0 saturated heterocycles. The third kappa shape index (κ3) is 5.32. The summed E-state index contributed by atoms with van der Waals surface area (Å²) in [4.78, 5) is 19.3. The van der Waals surface area contributed by atoms with Gasteiger partial charge in [0.25, 0.3) is 0 Å². The molecule has 1 aromatic rings. The zero-order chi connectivity index (χ0) is 20.1. The Morgan fingerprint density at radius 1 is 1.07 bits per heavy atom. The molecule has 0 radical (unpaired) electrons. The van der Waals surface area contributed by atoms with Crippen molar-refractivity contribution in [2.75, 3.05) is 19.6 Å². The maximum atomic E-state index is 13.1. The van der Waals surface area contributed by atoms with Crippen LogP contribution in [0.5, 0.6) is 0 Å². The van der Waals surface area contributed by atoms with Crippen LogP contribution in [0.1, 0.15) is 76.7 Å². The maximum absolute atomic E-state index is 13.1. The van der Waals surface area contributed by atoms with E-state index < -0.39 is 0 Å². The number of unbranched alkanes of at least 4 members (excludes halogenated alkanes) is 2. The largest absolute Gasteiger partial charge is 0.338 e. The number of rotatable bonds is 10. The molecule has 4 fully saturated rings. The summed E-state index contributed by atoms with van der Waals surface area (Å²) in [5.41, 5.74) is 1.72. The first-order valence-electron chi connectivity index (χ1n) is 12.1. The van der Waals surface area contributed by atoms with E-state index in [0.717, 1.165) is 56.7 Å². The first kappa shape index (κ1) is 20.7. The number of nitrogens with zero attached hydrogens (tertiary/aromatic N) is 2. The quantitative estimate of drug-likeness (QED) is 0.535. The second-order valence-corrected chi connectivity index (χ2v) is 10.2. The van der Waals surface area contributed by atoms with Crippen molar-refractivity contribution in [3.05, 3.63) is 30.1 Å². The van der Waals surface area contributed by atoms with Gasteiger partial charge < -0.3 is 10.2 Å². The van der Waals surface area contributed by atoms with Crippen LogP contribution in [0.15, 0.2) is 24.5 Å². The molecule has 4 nitrogen and oxygen atoms in total. The van der Waals surface area contributed by atoms with Gasteiger partial charge >= 0.3 is 6.03 Å². The van der Waals surface area contributed by atoms with E-state index in [0.29, 0.717) is 5.41 Å². The standard InChI is InChI=1S/C25H39N3O/c1-2-3-4-12-28(24(29)27-9-5-6-20-7-10-26-11-8-20)19-25-16-21-13-22(17-25)15-23(14-21)18-25/h7-8,10-11,21-23H,2-6,9,12-19H2,1H3,(H,27,29). The lowest BCUT2D eigenvalue weighted by Crippen LogP contribution is -2.53. The maximum Gasteiger partial charge on any atom is 0.317 e. The van der Waals surface area contributed by atoms with Crippen LogP contribution in [0.25, 0.3) is 0 Å². The summed E-state index contributed by atoms with van der Waals surface area (Å²) in [7, 11) is 0. The Hall–Kier alpha value is -1.58. The van der Waals surface area contributed by atoms with E-state index >= 15 is 0 Å². The molecule has 4 aliphatic carbocycles. The Bertz CT molecular complexity index is 624. The van der Waals surface area contributed by atoms with Crippen LogP contribution in [-0.4, -0.2) is 35.5 Å². The topological polar surface area (TPSA) is 45.2 Å². The molecule has 1 N–H and O–H groups in total. The van der Waals surface area contributed by atoms with Gasteiger partial charge in [-0.05, 0) is 98.7 Å². The van der Waals surface area contributed by atoms with E-state index in [1.165, 1.54) is 56.9 Å². The van der Waals surface area contributed by atoms with Crippen LogP contribution < -0.4 is 5.32 Å². The Kier molecular flexibility index (Phi) is 6.77. The van der Waals surface area contributed by atoms with E-state index in [1.54, 1.807) is 0 Å². The number of hydrogen-bond acceptors (Lipinski definition) is 2. The second kappa shape index (κ2) is 9.49. The van der Waals surface area contributed by atoms with Gasteiger partial charge in [0.1, 0.15) is 0 Å². The number of hydrogen-bond donors (Lipinski definition) is 1. The summed E-state index contributed by atoms with van der Waals surface area (Å²) in [6.07, 6.45) is 17.7. The summed E-state index contributed by atoms with van der Waals surface area (Å²) in [6.45, 7) is 4.91.